The Morgan fingerprint density at radius 3 is 2.95 bits per heavy atom. The number of non-ortho nitro benzene ring substituents is 1. The van der Waals surface area contributed by atoms with Crippen molar-refractivity contribution < 1.29 is 14.1 Å². The van der Waals surface area contributed by atoms with E-state index in [-0.39, 0.29) is 17.8 Å². The zero-order chi connectivity index (χ0) is 13.8. The Labute approximate surface area is 110 Å². The molecule has 2 atom stereocenters. The topological polar surface area (TPSA) is 64.4 Å². The molecule has 0 aromatic heterocycles. The SMILES string of the molecule is COC1CCCC1NCc1cc(F)cc([N+](=O)[O-])c1. The minimum Gasteiger partial charge on any atom is -0.380 e. The Bertz CT molecular complexity index is 467. The van der Waals surface area contributed by atoms with Crippen molar-refractivity contribution in [2.45, 2.75) is 38.0 Å². The standard InChI is InChI=1S/C13H17FN2O3/c1-19-13-4-2-3-12(13)15-8-9-5-10(14)7-11(6-9)16(17)18/h5-7,12-13,15H,2-4,8H2,1H3. The van der Waals surface area contributed by atoms with E-state index in [1.165, 1.54) is 12.1 Å². The molecule has 1 N–H and O–H groups in total. The Kier molecular flexibility index (Phi) is 4.44. The molecule has 0 radical (unpaired) electrons. The lowest BCUT2D eigenvalue weighted by Crippen LogP contribution is -2.36. The summed E-state index contributed by atoms with van der Waals surface area (Å²) in [5.41, 5.74) is 0.361. The summed E-state index contributed by atoms with van der Waals surface area (Å²) in [4.78, 5) is 10.1. The lowest BCUT2D eigenvalue weighted by Gasteiger charge is -2.19. The Hall–Kier alpha value is -1.53. The number of nitro groups is 1. The van der Waals surface area contributed by atoms with Crippen LogP contribution in [0.4, 0.5) is 10.1 Å². The number of nitro benzene ring substituents is 1. The van der Waals surface area contributed by atoms with E-state index in [1.54, 1.807) is 7.11 Å². The number of nitrogens with one attached hydrogen (secondary N) is 1. The monoisotopic (exact) mass is 268 g/mol. The average molecular weight is 268 g/mol. The van der Waals surface area contributed by atoms with Crippen molar-refractivity contribution in [1.82, 2.24) is 5.32 Å². The first-order valence-corrected chi connectivity index (χ1v) is 6.30. The number of benzene rings is 1. The van der Waals surface area contributed by atoms with Crippen LogP contribution in [0, 0.1) is 15.9 Å². The molecule has 104 valence electrons. The molecule has 0 heterocycles. The summed E-state index contributed by atoms with van der Waals surface area (Å²) >= 11 is 0. The van der Waals surface area contributed by atoms with Crippen molar-refractivity contribution in [2.75, 3.05) is 7.11 Å². The molecule has 1 saturated carbocycles. The molecule has 0 saturated heterocycles. The molecule has 1 aliphatic rings. The normalized spacial score (nSPS) is 22.6. The molecule has 1 fully saturated rings. The first-order chi connectivity index (χ1) is 9.10. The molecule has 2 unspecified atom stereocenters. The number of halogens is 1. The first kappa shape index (κ1) is 13.9. The number of hydrogen-bond acceptors (Lipinski definition) is 4. The van der Waals surface area contributed by atoms with Crippen molar-refractivity contribution in [3.05, 3.63) is 39.7 Å². The van der Waals surface area contributed by atoms with Crippen molar-refractivity contribution in [2.24, 2.45) is 0 Å². The minimum atomic E-state index is -0.583. The largest absolute Gasteiger partial charge is 0.380 e. The molecule has 1 aromatic carbocycles. The molecule has 0 amide bonds. The third kappa shape index (κ3) is 3.48. The van der Waals surface area contributed by atoms with Gasteiger partial charge in [-0.15, -0.1) is 0 Å². The fourth-order valence-electron chi connectivity index (χ4n) is 2.53. The van der Waals surface area contributed by atoms with E-state index in [4.69, 9.17) is 4.74 Å². The van der Waals surface area contributed by atoms with Crippen LogP contribution in [0.2, 0.25) is 0 Å². The minimum absolute atomic E-state index is 0.170. The maximum atomic E-state index is 13.3. The van der Waals surface area contributed by atoms with Crippen LogP contribution in [0.1, 0.15) is 24.8 Å². The van der Waals surface area contributed by atoms with Gasteiger partial charge in [0.25, 0.3) is 5.69 Å². The highest BCUT2D eigenvalue weighted by Gasteiger charge is 2.26. The molecule has 0 aliphatic heterocycles. The molecule has 0 spiro atoms. The predicted molar refractivity (Wildman–Crippen MR) is 68.3 cm³/mol. The summed E-state index contributed by atoms with van der Waals surface area (Å²) in [7, 11) is 1.68. The summed E-state index contributed by atoms with van der Waals surface area (Å²) in [6.07, 6.45) is 3.29. The van der Waals surface area contributed by atoms with Crippen molar-refractivity contribution in [3.8, 4) is 0 Å². The fraction of sp³-hybridized carbons (Fsp3) is 0.538. The molecule has 0 bridgehead atoms. The number of rotatable bonds is 5. The van der Waals surface area contributed by atoms with E-state index in [0.717, 1.165) is 25.3 Å². The van der Waals surface area contributed by atoms with Gasteiger partial charge in [0.1, 0.15) is 5.82 Å². The van der Waals surface area contributed by atoms with Gasteiger partial charge in [0.15, 0.2) is 0 Å². The van der Waals surface area contributed by atoms with Crippen LogP contribution < -0.4 is 5.32 Å². The maximum Gasteiger partial charge on any atom is 0.272 e. The number of ether oxygens (including phenoxy) is 1. The molecular weight excluding hydrogens is 251 g/mol. The van der Waals surface area contributed by atoms with E-state index in [2.05, 4.69) is 5.32 Å². The van der Waals surface area contributed by atoms with Crippen LogP contribution in [-0.2, 0) is 11.3 Å². The molecular formula is C13H17FN2O3. The Balaban J connectivity index is 2.01. The van der Waals surface area contributed by atoms with Gasteiger partial charge in [0.05, 0.1) is 17.1 Å². The lowest BCUT2D eigenvalue weighted by molar-refractivity contribution is -0.385. The summed E-state index contributed by atoms with van der Waals surface area (Å²) in [5, 5.41) is 13.9. The van der Waals surface area contributed by atoms with Gasteiger partial charge in [-0.25, -0.2) is 4.39 Å². The van der Waals surface area contributed by atoms with Crippen LogP contribution >= 0.6 is 0 Å². The van der Waals surface area contributed by atoms with Crippen molar-refractivity contribution >= 4 is 5.69 Å². The quantitative estimate of drug-likeness (QED) is 0.658. The van der Waals surface area contributed by atoms with Crippen LogP contribution in [0.25, 0.3) is 0 Å². The zero-order valence-electron chi connectivity index (χ0n) is 10.8. The van der Waals surface area contributed by atoms with Crippen LogP contribution in [0.3, 0.4) is 0 Å². The summed E-state index contributed by atoms with van der Waals surface area (Å²) in [5.74, 6) is -0.583. The van der Waals surface area contributed by atoms with Gasteiger partial charge < -0.3 is 10.1 Å². The molecule has 1 aliphatic carbocycles. The lowest BCUT2D eigenvalue weighted by atomic mass is 10.1. The Morgan fingerprint density at radius 2 is 2.26 bits per heavy atom. The van der Waals surface area contributed by atoms with E-state index in [0.29, 0.717) is 12.1 Å². The second-order valence-electron chi connectivity index (χ2n) is 4.77. The van der Waals surface area contributed by atoms with Crippen LogP contribution in [0.5, 0.6) is 0 Å². The third-order valence-corrected chi connectivity index (χ3v) is 3.48. The summed E-state index contributed by atoms with van der Waals surface area (Å²) in [6, 6.07) is 3.87. The average Bonchev–Trinajstić information content (AvgIpc) is 2.83. The number of hydrogen-bond donors (Lipinski definition) is 1. The van der Waals surface area contributed by atoms with Gasteiger partial charge >= 0.3 is 0 Å². The smallest absolute Gasteiger partial charge is 0.272 e. The highest BCUT2D eigenvalue weighted by Crippen LogP contribution is 2.22. The van der Waals surface area contributed by atoms with Crippen molar-refractivity contribution in [3.63, 3.8) is 0 Å². The summed E-state index contributed by atoms with van der Waals surface area (Å²) < 4.78 is 18.6. The maximum absolute atomic E-state index is 13.3. The van der Waals surface area contributed by atoms with Gasteiger partial charge in [-0.3, -0.25) is 10.1 Å². The first-order valence-electron chi connectivity index (χ1n) is 6.30. The highest BCUT2D eigenvalue weighted by atomic mass is 19.1. The predicted octanol–water partition coefficient (Wildman–Crippen LogP) is 2.39. The fourth-order valence-corrected chi connectivity index (χ4v) is 2.53. The highest BCUT2D eigenvalue weighted by molar-refractivity contribution is 5.35. The molecule has 19 heavy (non-hydrogen) atoms. The zero-order valence-corrected chi connectivity index (χ0v) is 10.8. The van der Waals surface area contributed by atoms with Crippen molar-refractivity contribution in [1.29, 1.82) is 0 Å². The van der Waals surface area contributed by atoms with E-state index >= 15 is 0 Å². The van der Waals surface area contributed by atoms with Gasteiger partial charge in [0, 0.05) is 25.8 Å². The molecule has 6 heteroatoms. The van der Waals surface area contributed by atoms with Gasteiger partial charge in [0.2, 0.25) is 0 Å². The Morgan fingerprint density at radius 1 is 1.47 bits per heavy atom. The number of methoxy groups -OCH3 is 1. The second kappa shape index (κ2) is 6.08. The number of nitrogens with zero attached hydrogens (tertiary/aromatic N) is 1. The van der Waals surface area contributed by atoms with Crippen LogP contribution in [0.15, 0.2) is 18.2 Å². The second-order valence-corrected chi connectivity index (χ2v) is 4.77. The van der Waals surface area contributed by atoms with Gasteiger partial charge in [-0.2, -0.15) is 0 Å². The molecule has 5 nitrogen and oxygen atoms in total. The van der Waals surface area contributed by atoms with Crippen LogP contribution in [-0.4, -0.2) is 24.2 Å². The molecule has 1 aromatic rings. The third-order valence-electron chi connectivity index (χ3n) is 3.48. The van der Waals surface area contributed by atoms with E-state index < -0.39 is 10.7 Å². The molecule has 2 rings (SSSR count). The van der Waals surface area contributed by atoms with Gasteiger partial charge in [-0.05, 0) is 30.9 Å². The van der Waals surface area contributed by atoms with E-state index in [9.17, 15) is 14.5 Å². The summed E-state index contributed by atoms with van der Waals surface area (Å²) in [6.45, 7) is 0.406. The van der Waals surface area contributed by atoms with E-state index in [1.807, 2.05) is 0 Å². The van der Waals surface area contributed by atoms with Gasteiger partial charge in [-0.1, -0.05) is 0 Å².